The summed E-state index contributed by atoms with van der Waals surface area (Å²) in [5.74, 6) is 5.88. The van der Waals surface area contributed by atoms with E-state index in [2.05, 4.69) is 26.9 Å². The average molecular weight is 406 g/mol. The van der Waals surface area contributed by atoms with Gasteiger partial charge in [0.1, 0.15) is 5.69 Å². The van der Waals surface area contributed by atoms with Gasteiger partial charge in [-0.1, -0.05) is 5.92 Å². The molecule has 30 heavy (non-hydrogen) atoms. The number of likely N-dealkylation sites (N-methyl/N-ethyl adjacent to an activating group) is 1. The van der Waals surface area contributed by atoms with Crippen molar-refractivity contribution in [1.82, 2.24) is 24.6 Å². The van der Waals surface area contributed by atoms with Crippen molar-refractivity contribution in [3.8, 4) is 11.8 Å². The molecule has 0 fully saturated rings. The number of hydrogen-bond acceptors (Lipinski definition) is 8. The molecular weight excluding hydrogens is 380 g/mol. The topological polar surface area (TPSA) is 119 Å². The van der Waals surface area contributed by atoms with Crippen molar-refractivity contribution < 1.29 is 0 Å². The van der Waals surface area contributed by atoms with E-state index in [0.29, 0.717) is 43.4 Å². The fourth-order valence-electron chi connectivity index (χ4n) is 3.12. The van der Waals surface area contributed by atoms with Crippen molar-refractivity contribution >= 4 is 22.4 Å². The van der Waals surface area contributed by atoms with Crippen LogP contribution >= 0.6 is 0 Å². The lowest BCUT2D eigenvalue weighted by atomic mass is 10.2. The molecule has 0 aliphatic heterocycles. The first-order valence-corrected chi connectivity index (χ1v) is 9.63. The Hall–Kier alpha value is -3.48. The lowest BCUT2D eigenvalue weighted by molar-refractivity contribution is 0.343. The molecule has 0 atom stereocenters. The van der Waals surface area contributed by atoms with Crippen LogP contribution in [0.3, 0.4) is 0 Å². The summed E-state index contributed by atoms with van der Waals surface area (Å²) in [5.41, 5.74) is 14.5. The number of hydrogen-bond donors (Lipinski definition) is 2. The van der Waals surface area contributed by atoms with E-state index in [4.69, 9.17) is 11.5 Å². The SMILES string of the molecule is CC#CCN(CN(C)CCN)c1c(N)cnn(Cc2ccc3ncccc3n2)c1=O. The zero-order valence-electron chi connectivity index (χ0n) is 17.2. The Morgan fingerprint density at radius 2 is 2.07 bits per heavy atom. The molecule has 0 saturated carbocycles. The molecule has 0 bridgehead atoms. The van der Waals surface area contributed by atoms with E-state index < -0.39 is 0 Å². The first-order valence-electron chi connectivity index (χ1n) is 9.63. The number of rotatable bonds is 8. The van der Waals surface area contributed by atoms with Gasteiger partial charge in [0.15, 0.2) is 0 Å². The molecule has 156 valence electrons. The predicted molar refractivity (Wildman–Crippen MR) is 119 cm³/mol. The van der Waals surface area contributed by atoms with Gasteiger partial charge in [0, 0.05) is 19.3 Å². The van der Waals surface area contributed by atoms with Gasteiger partial charge in [0.2, 0.25) is 0 Å². The van der Waals surface area contributed by atoms with Crippen LogP contribution < -0.4 is 21.9 Å². The third kappa shape index (κ3) is 4.92. The molecule has 0 aromatic carbocycles. The summed E-state index contributed by atoms with van der Waals surface area (Å²) in [6, 6.07) is 7.44. The third-order valence-corrected chi connectivity index (χ3v) is 4.56. The first-order chi connectivity index (χ1) is 14.5. The van der Waals surface area contributed by atoms with Crippen molar-refractivity contribution in [3.05, 3.63) is 52.7 Å². The van der Waals surface area contributed by atoms with Crippen LogP contribution in [0.25, 0.3) is 11.0 Å². The highest BCUT2D eigenvalue weighted by atomic mass is 16.1. The molecule has 0 aliphatic carbocycles. The quantitative estimate of drug-likeness (QED) is 0.410. The van der Waals surface area contributed by atoms with Crippen molar-refractivity contribution in [2.45, 2.75) is 13.5 Å². The van der Waals surface area contributed by atoms with Crippen molar-refractivity contribution in [2.75, 3.05) is 44.0 Å². The van der Waals surface area contributed by atoms with Gasteiger partial charge >= 0.3 is 0 Å². The Morgan fingerprint density at radius 1 is 1.23 bits per heavy atom. The number of nitrogens with two attached hydrogens (primary N) is 2. The van der Waals surface area contributed by atoms with Crippen LogP contribution in [0.2, 0.25) is 0 Å². The Balaban J connectivity index is 1.95. The zero-order chi connectivity index (χ0) is 21.5. The smallest absolute Gasteiger partial charge is 0.292 e. The van der Waals surface area contributed by atoms with E-state index >= 15 is 0 Å². The lowest BCUT2D eigenvalue weighted by Gasteiger charge is -2.28. The van der Waals surface area contributed by atoms with Gasteiger partial charge in [0.25, 0.3) is 5.56 Å². The molecule has 9 nitrogen and oxygen atoms in total. The Kier molecular flexibility index (Phi) is 6.95. The van der Waals surface area contributed by atoms with Crippen LogP contribution in [0, 0.1) is 11.8 Å². The third-order valence-electron chi connectivity index (χ3n) is 4.56. The maximum absolute atomic E-state index is 13.2. The molecule has 0 aliphatic rings. The summed E-state index contributed by atoms with van der Waals surface area (Å²) in [4.78, 5) is 26.0. The Morgan fingerprint density at radius 3 is 2.83 bits per heavy atom. The molecule has 3 aromatic rings. The lowest BCUT2D eigenvalue weighted by Crippen LogP contribution is -2.42. The summed E-state index contributed by atoms with van der Waals surface area (Å²) in [7, 11) is 1.93. The summed E-state index contributed by atoms with van der Waals surface area (Å²) in [6.07, 6.45) is 3.21. The summed E-state index contributed by atoms with van der Waals surface area (Å²) < 4.78 is 1.37. The maximum atomic E-state index is 13.2. The van der Waals surface area contributed by atoms with Crippen molar-refractivity contribution in [2.24, 2.45) is 5.73 Å². The minimum atomic E-state index is -0.290. The van der Waals surface area contributed by atoms with Crippen LogP contribution in [0.15, 0.2) is 41.5 Å². The van der Waals surface area contributed by atoms with Crippen LogP contribution in [0.1, 0.15) is 12.6 Å². The van der Waals surface area contributed by atoms with E-state index in [0.717, 1.165) is 11.0 Å². The van der Waals surface area contributed by atoms with E-state index in [-0.39, 0.29) is 12.1 Å². The molecule has 0 saturated heterocycles. The standard InChI is InChI=1S/C21H26N8O/c1-3-4-11-28(15-27(2)12-9-22)20-17(23)13-25-29(21(20)30)14-16-7-8-18-19(26-16)6-5-10-24-18/h5-8,10,13H,9,11-12,14-15,22-23H2,1-2H3. The predicted octanol–water partition coefficient (Wildman–Crippen LogP) is 0.495. The maximum Gasteiger partial charge on any atom is 0.292 e. The monoisotopic (exact) mass is 406 g/mol. The van der Waals surface area contributed by atoms with Gasteiger partial charge in [-0.05, 0) is 38.2 Å². The largest absolute Gasteiger partial charge is 0.396 e. The summed E-state index contributed by atoms with van der Waals surface area (Å²) >= 11 is 0. The number of pyridine rings is 2. The second kappa shape index (κ2) is 9.82. The van der Waals surface area contributed by atoms with Crippen LogP contribution in [0.4, 0.5) is 11.4 Å². The molecule has 3 rings (SSSR count). The number of anilines is 2. The summed E-state index contributed by atoms with van der Waals surface area (Å²) in [6.45, 7) is 4.02. The zero-order valence-corrected chi connectivity index (χ0v) is 17.2. The van der Waals surface area contributed by atoms with Gasteiger partial charge in [-0.15, -0.1) is 5.92 Å². The van der Waals surface area contributed by atoms with Gasteiger partial charge in [0.05, 0.1) is 48.4 Å². The van der Waals surface area contributed by atoms with Gasteiger partial charge in [-0.25, -0.2) is 9.67 Å². The minimum Gasteiger partial charge on any atom is -0.396 e. The number of fused-ring (bicyclic) bond motifs is 1. The molecule has 4 N–H and O–H groups in total. The van der Waals surface area contributed by atoms with Crippen LogP contribution in [0.5, 0.6) is 0 Å². The molecule has 3 aromatic heterocycles. The van der Waals surface area contributed by atoms with Crippen LogP contribution in [-0.2, 0) is 6.54 Å². The van der Waals surface area contributed by atoms with Crippen molar-refractivity contribution in [1.29, 1.82) is 0 Å². The fourth-order valence-corrected chi connectivity index (χ4v) is 3.12. The molecule has 3 heterocycles. The van der Waals surface area contributed by atoms with E-state index in [9.17, 15) is 4.79 Å². The molecule has 0 radical (unpaired) electrons. The highest BCUT2D eigenvalue weighted by molar-refractivity contribution is 5.73. The molecular formula is C21H26N8O. The van der Waals surface area contributed by atoms with E-state index in [1.165, 1.54) is 10.9 Å². The Bertz CT molecular complexity index is 1130. The summed E-state index contributed by atoms with van der Waals surface area (Å²) in [5, 5.41) is 4.22. The number of nitrogen functional groups attached to an aromatic ring is 1. The molecule has 0 amide bonds. The second-order valence-electron chi connectivity index (χ2n) is 6.89. The number of nitrogens with zero attached hydrogens (tertiary/aromatic N) is 6. The highest BCUT2D eigenvalue weighted by Gasteiger charge is 2.18. The van der Waals surface area contributed by atoms with Crippen LogP contribution in [-0.4, -0.2) is 58.0 Å². The van der Waals surface area contributed by atoms with Gasteiger partial charge in [-0.3, -0.25) is 14.7 Å². The first kappa shape index (κ1) is 21.2. The fraction of sp³-hybridized carbons (Fsp3) is 0.333. The average Bonchev–Trinajstić information content (AvgIpc) is 2.74. The Labute approximate surface area is 175 Å². The van der Waals surface area contributed by atoms with E-state index in [1.807, 2.05) is 41.1 Å². The highest BCUT2D eigenvalue weighted by Crippen LogP contribution is 2.17. The molecule has 0 spiro atoms. The number of aromatic nitrogens is 4. The second-order valence-corrected chi connectivity index (χ2v) is 6.89. The van der Waals surface area contributed by atoms with Crippen molar-refractivity contribution in [3.63, 3.8) is 0 Å². The molecule has 9 heteroatoms. The molecule has 0 unspecified atom stereocenters. The van der Waals surface area contributed by atoms with Gasteiger partial charge < -0.3 is 16.4 Å². The van der Waals surface area contributed by atoms with Gasteiger partial charge in [-0.2, -0.15) is 5.10 Å². The normalized spacial score (nSPS) is 10.8. The minimum absolute atomic E-state index is 0.225. The van der Waals surface area contributed by atoms with E-state index in [1.54, 1.807) is 13.1 Å².